The Labute approximate surface area is 238 Å². The normalized spacial score (nSPS) is 22.7. The molecule has 8 nitrogen and oxygen atoms in total. The molecular formula is C29H44N4O4SSi. The number of carbonyl (C=O) groups is 1. The molecule has 2 aromatic heterocycles. The van der Waals surface area contributed by atoms with Crippen molar-refractivity contribution in [3.05, 3.63) is 16.8 Å². The van der Waals surface area contributed by atoms with Gasteiger partial charge in [-0.3, -0.25) is 0 Å². The SMILES string of the molecule is CC(C)(C)OC(=O)N[C@H]1CC[C@H](Oc2ncnc3sc4c(c23)[C@@H](CC(C#N)O[Si](C)(C)C(C)(C)C)CC4)CC1. The van der Waals surface area contributed by atoms with E-state index in [-0.39, 0.29) is 29.2 Å². The van der Waals surface area contributed by atoms with Crippen molar-refractivity contribution in [2.45, 2.75) is 134 Å². The monoisotopic (exact) mass is 572 g/mol. The van der Waals surface area contributed by atoms with E-state index in [1.807, 2.05) is 20.8 Å². The molecule has 0 bridgehead atoms. The van der Waals surface area contributed by atoms with E-state index in [0.717, 1.165) is 48.7 Å². The number of rotatable bonds is 7. The Balaban J connectivity index is 1.45. The molecular weight excluding hydrogens is 528 g/mol. The third-order valence-corrected chi connectivity index (χ3v) is 13.9. The number of nitrogens with zero attached hydrogens (tertiary/aromatic N) is 3. The van der Waals surface area contributed by atoms with Crippen molar-refractivity contribution in [3.63, 3.8) is 0 Å². The van der Waals surface area contributed by atoms with Gasteiger partial charge in [-0.15, -0.1) is 11.3 Å². The minimum atomic E-state index is -2.06. The number of thiophene rings is 1. The van der Waals surface area contributed by atoms with E-state index in [4.69, 9.17) is 13.9 Å². The van der Waals surface area contributed by atoms with Gasteiger partial charge in [0.2, 0.25) is 5.88 Å². The Kier molecular flexibility index (Phi) is 8.65. The van der Waals surface area contributed by atoms with E-state index in [1.54, 1.807) is 17.7 Å². The van der Waals surface area contributed by atoms with Gasteiger partial charge in [-0.1, -0.05) is 20.8 Å². The zero-order valence-corrected chi connectivity index (χ0v) is 26.5. The minimum absolute atomic E-state index is 0.0314. The summed E-state index contributed by atoms with van der Waals surface area (Å²) in [5.74, 6) is 0.872. The van der Waals surface area contributed by atoms with Gasteiger partial charge in [-0.25, -0.2) is 14.8 Å². The molecule has 0 aromatic carbocycles. The van der Waals surface area contributed by atoms with Gasteiger partial charge >= 0.3 is 6.09 Å². The van der Waals surface area contributed by atoms with Gasteiger partial charge < -0.3 is 19.2 Å². The van der Waals surface area contributed by atoms with Gasteiger partial charge in [0.25, 0.3) is 0 Å². The smallest absolute Gasteiger partial charge is 0.407 e. The summed E-state index contributed by atoms with van der Waals surface area (Å²) < 4.78 is 18.4. The third-order valence-electron chi connectivity index (χ3n) is 8.25. The molecule has 2 aliphatic rings. The van der Waals surface area contributed by atoms with Crippen molar-refractivity contribution in [2.24, 2.45) is 0 Å². The number of amides is 1. The quantitative estimate of drug-likeness (QED) is 0.349. The second-order valence-corrected chi connectivity index (χ2v) is 19.3. The van der Waals surface area contributed by atoms with Crippen LogP contribution < -0.4 is 10.1 Å². The number of fused-ring (bicyclic) bond motifs is 3. The first-order valence-corrected chi connectivity index (χ1v) is 17.9. The van der Waals surface area contributed by atoms with Crippen LogP contribution in [0.4, 0.5) is 4.79 Å². The van der Waals surface area contributed by atoms with Gasteiger partial charge in [0.05, 0.1) is 11.5 Å². The van der Waals surface area contributed by atoms with Crippen molar-refractivity contribution in [2.75, 3.05) is 0 Å². The molecule has 2 heterocycles. The van der Waals surface area contributed by atoms with Crippen molar-refractivity contribution in [3.8, 4) is 11.9 Å². The average molecular weight is 573 g/mol. The Bertz CT molecular complexity index is 1220. The lowest BCUT2D eigenvalue weighted by Crippen LogP contribution is -2.43. The van der Waals surface area contributed by atoms with Crippen LogP contribution in [0.2, 0.25) is 18.1 Å². The lowest BCUT2D eigenvalue weighted by Gasteiger charge is -2.38. The van der Waals surface area contributed by atoms with E-state index >= 15 is 0 Å². The minimum Gasteiger partial charge on any atom is -0.474 e. The summed E-state index contributed by atoms with van der Waals surface area (Å²) in [6.07, 6.45) is 6.82. The van der Waals surface area contributed by atoms with Crippen molar-refractivity contribution in [1.29, 1.82) is 5.26 Å². The van der Waals surface area contributed by atoms with Crippen LogP contribution in [-0.4, -0.2) is 48.2 Å². The lowest BCUT2D eigenvalue weighted by molar-refractivity contribution is 0.0470. The predicted molar refractivity (Wildman–Crippen MR) is 157 cm³/mol. The largest absolute Gasteiger partial charge is 0.474 e. The maximum atomic E-state index is 12.2. The van der Waals surface area contributed by atoms with Crippen LogP contribution in [0.25, 0.3) is 10.2 Å². The van der Waals surface area contributed by atoms with Gasteiger partial charge in [-0.05, 0) is 95.3 Å². The Morgan fingerprint density at radius 1 is 1.15 bits per heavy atom. The summed E-state index contributed by atoms with van der Waals surface area (Å²) in [6, 6.07) is 2.54. The molecule has 2 aliphatic carbocycles. The predicted octanol–water partition coefficient (Wildman–Crippen LogP) is 7.24. The van der Waals surface area contributed by atoms with Gasteiger partial charge in [0, 0.05) is 10.9 Å². The van der Waals surface area contributed by atoms with Crippen LogP contribution in [0.1, 0.15) is 96.4 Å². The molecule has 0 aliphatic heterocycles. The molecule has 0 radical (unpaired) electrons. The number of aromatic nitrogens is 2. The standard InChI is InChI=1S/C29H44N4O4SSi/c1-28(2,3)36-27(34)33-19-10-12-20(13-11-19)35-25-24-23-18(9-14-22(23)38-26(24)32-17-31-25)15-21(16-30)37-39(7,8)29(4,5)6/h17-21H,9-15H2,1-8H3,(H,33,34)/t18-,19-,20-,21?/m1/s1. The molecule has 2 atom stereocenters. The molecule has 10 heteroatoms. The number of nitriles is 1. The second-order valence-electron chi connectivity index (χ2n) is 13.5. The fraction of sp³-hybridized carbons (Fsp3) is 0.724. The van der Waals surface area contributed by atoms with Crippen LogP contribution >= 0.6 is 11.3 Å². The molecule has 1 unspecified atom stereocenters. The van der Waals surface area contributed by atoms with Crippen LogP contribution in [0, 0.1) is 11.3 Å². The Hall–Kier alpha value is -2.22. The van der Waals surface area contributed by atoms with Crippen molar-refractivity contribution in [1.82, 2.24) is 15.3 Å². The number of hydrogen-bond donors (Lipinski definition) is 1. The summed E-state index contributed by atoms with van der Waals surface area (Å²) >= 11 is 1.72. The highest BCUT2D eigenvalue weighted by atomic mass is 32.1. The molecule has 39 heavy (non-hydrogen) atoms. The molecule has 2 aromatic rings. The Morgan fingerprint density at radius 3 is 2.46 bits per heavy atom. The maximum Gasteiger partial charge on any atom is 0.407 e. The molecule has 1 fully saturated rings. The van der Waals surface area contributed by atoms with Gasteiger partial charge in [-0.2, -0.15) is 5.26 Å². The number of alkyl carbamates (subject to hydrolysis) is 1. The average Bonchev–Trinajstić information content (AvgIpc) is 3.37. The fourth-order valence-corrected chi connectivity index (χ4v) is 7.69. The summed E-state index contributed by atoms with van der Waals surface area (Å²) in [5, 5.41) is 14.1. The molecule has 1 amide bonds. The van der Waals surface area contributed by atoms with E-state index in [1.165, 1.54) is 10.4 Å². The van der Waals surface area contributed by atoms with Gasteiger partial charge in [0.1, 0.15) is 29.0 Å². The lowest BCUT2D eigenvalue weighted by atomic mass is 9.93. The van der Waals surface area contributed by atoms with E-state index in [9.17, 15) is 10.1 Å². The zero-order chi connectivity index (χ0) is 28.6. The van der Waals surface area contributed by atoms with Crippen molar-refractivity contribution >= 4 is 36.0 Å². The molecule has 0 saturated heterocycles. The first-order chi connectivity index (χ1) is 18.2. The highest BCUT2D eigenvalue weighted by Crippen LogP contribution is 2.48. The van der Waals surface area contributed by atoms with E-state index < -0.39 is 20.0 Å². The highest BCUT2D eigenvalue weighted by Gasteiger charge is 2.41. The number of ether oxygens (including phenoxy) is 2. The number of hydrogen-bond acceptors (Lipinski definition) is 8. The van der Waals surface area contributed by atoms with Crippen LogP contribution in [-0.2, 0) is 15.6 Å². The first-order valence-electron chi connectivity index (χ1n) is 14.2. The van der Waals surface area contributed by atoms with E-state index in [2.05, 4.69) is 55.2 Å². The number of carbonyl (C=O) groups excluding carboxylic acids is 1. The summed E-state index contributed by atoms with van der Waals surface area (Å²) in [7, 11) is -2.06. The highest BCUT2D eigenvalue weighted by molar-refractivity contribution is 7.19. The maximum absolute atomic E-state index is 12.2. The molecule has 4 rings (SSSR count). The van der Waals surface area contributed by atoms with E-state index in [0.29, 0.717) is 12.3 Å². The summed E-state index contributed by atoms with van der Waals surface area (Å²) in [4.78, 5) is 23.6. The molecule has 1 N–H and O–H groups in total. The van der Waals surface area contributed by atoms with Crippen LogP contribution in [0.3, 0.4) is 0 Å². The second kappa shape index (κ2) is 11.3. The summed E-state index contributed by atoms with van der Waals surface area (Å²) in [5.41, 5.74) is 0.746. The molecule has 1 saturated carbocycles. The first kappa shape index (κ1) is 29.8. The summed E-state index contributed by atoms with van der Waals surface area (Å²) in [6.45, 7) is 16.6. The zero-order valence-electron chi connectivity index (χ0n) is 24.7. The van der Waals surface area contributed by atoms with Crippen LogP contribution in [0.15, 0.2) is 6.33 Å². The third kappa shape index (κ3) is 7.11. The van der Waals surface area contributed by atoms with Crippen molar-refractivity contribution < 1.29 is 18.7 Å². The topological polar surface area (TPSA) is 106 Å². The fourth-order valence-electron chi connectivity index (χ4n) is 5.24. The Morgan fingerprint density at radius 2 is 1.85 bits per heavy atom. The van der Waals surface area contributed by atoms with Gasteiger partial charge in [0.15, 0.2) is 8.32 Å². The number of nitrogens with one attached hydrogen (secondary N) is 1. The van der Waals surface area contributed by atoms with Crippen LogP contribution in [0.5, 0.6) is 5.88 Å². The number of aryl methyl sites for hydroxylation is 1. The molecule has 0 spiro atoms. The molecule has 214 valence electrons.